The van der Waals surface area contributed by atoms with Crippen LogP contribution in [-0.2, 0) is 14.2 Å². The molecule has 3 nitrogen and oxygen atoms in total. The summed E-state index contributed by atoms with van der Waals surface area (Å²) in [6.45, 7) is 2.82. The molecule has 2 heterocycles. The first-order valence-corrected chi connectivity index (χ1v) is 5.95. The molecule has 0 aromatic carbocycles. The van der Waals surface area contributed by atoms with E-state index in [1.54, 1.807) is 14.2 Å². The molecule has 0 amide bonds. The van der Waals surface area contributed by atoms with Crippen LogP contribution >= 0.6 is 11.8 Å². The Bertz CT molecular complexity index is 228. The maximum absolute atomic E-state index is 6.03. The minimum atomic E-state index is -0.224. The van der Waals surface area contributed by atoms with Gasteiger partial charge >= 0.3 is 0 Å². The molecule has 2 fully saturated rings. The van der Waals surface area contributed by atoms with Crippen LogP contribution in [0.5, 0.6) is 0 Å². The molecule has 0 spiro atoms. The summed E-state index contributed by atoms with van der Waals surface area (Å²) in [6.07, 6.45) is 0.178. The molecular weight excluding hydrogens is 199 g/mol. The fourth-order valence-corrected chi connectivity index (χ4v) is 4.38. The highest BCUT2D eigenvalue weighted by molar-refractivity contribution is 8.01. The molecule has 1 unspecified atom stereocenters. The molecular formula is C9H17BO3S. The lowest BCUT2D eigenvalue weighted by molar-refractivity contribution is -0.111. The smallest absolute Gasteiger partial charge is 0.140 e. The molecule has 5 heteroatoms. The SMILES string of the molecule is B[C@@H]1O[C@]2(COC)C(OC)[C@@H]1S[C@H]2C. The molecule has 2 aliphatic heterocycles. The Labute approximate surface area is 90.3 Å². The number of methoxy groups -OCH3 is 2. The van der Waals surface area contributed by atoms with Crippen LogP contribution < -0.4 is 0 Å². The quantitative estimate of drug-likeness (QED) is 0.615. The lowest BCUT2D eigenvalue weighted by Crippen LogP contribution is -2.49. The van der Waals surface area contributed by atoms with Gasteiger partial charge in [0.2, 0.25) is 0 Å². The molecule has 0 aliphatic carbocycles. The highest BCUT2D eigenvalue weighted by Gasteiger charge is 2.63. The summed E-state index contributed by atoms with van der Waals surface area (Å²) in [5.74, 6) is 0. The maximum Gasteiger partial charge on any atom is 0.140 e. The van der Waals surface area contributed by atoms with Crippen molar-refractivity contribution in [3.8, 4) is 0 Å². The van der Waals surface area contributed by atoms with E-state index in [4.69, 9.17) is 14.2 Å². The van der Waals surface area contributed by atoms with Gasteiger partial charge in [-0.05, 0) is 0 Å². The third-order valence-corrected chi connectivity index (χ3v) is 5.07. The summed E-state index contributed by atoms with van der Waals surface area (Å²) in [4.78, 5) is 0. The summed E-state index contributed by atoms with van der Waals surface area (Å²) in [5, 5.41) is 0.916. The minimum Gasteiger partial charge on any atom is -0.382 e. The number of hydrogen-bond acceptors (Lipinski definition) is 4. The molecule has 2 rings (SSSR count). The van der Waals surface area contributed by atoms with Crippen molar-refractivity contribution >= 4 is 19.6 Å². The largest absolute Gasteiger partial charge is 0.382 e. The first-order valence-electron chi connectivity index (χ1n) is 5.00. The number of thioether (sulfide) groups is 1. The van der Waals surface area contributed by atoms with E-state index in [0.717, 1.165) is 0 Å². The predicted octanol–water partition coefficient (Wildman–Crippen LogP) is -0.120. The zero-order valence-electron chi connectivity index (χ0n) is 9.15. The molecule has 14 heavy (non-hydrogen) atoms. The van der Waals surface area contributed by atoms with Crippen molar-refractivity contribution in [3.63, 3.8) is 0 Å². The second kappa shape index (κ2) is 3.70. The molecule has 2 bridgehead atoms. The van der Waals surface area contributed by atoms with Crippen LogP contribution in [0.15, 0.2) is 0 Å². The van der Waals surface area contributed by atoms with Gasteiger partial charge in [0.05, 0.1) is 11.9 Å². The third kappa shape index (κ3) is 1.26. The number of fused-ring (bicyclic) bond motifs is 2. The van der Waals surface area contributed by atoms with Gasteiger partial charge in [-0.2, -0.15) is 0 Å². The van der Waals surface area contributed by atoms with Crippen LogP contribution in [0.3, 0.4) is 0 Å². The first kappa shape index (κ1) is 10.8. The summed E-state index contributed by atoms with van der Waals surface area (Å²) >= 11 is 1.96. The van der Waals surface area contributed by atoms with Crippen molar-refractivity contribution < 1.29 is 14.2 Å². The Morgan fingerprint density at radius 2 is 2.21 bits per heavy atom. The second-order valence-corrected chi connectivity index (χ2v) is 5.63. The van der Waals surface area contributed by atoms with E-state index in [-0.39, 0.29) is 17.7 Å². The standard InChI is InChI=1S/C9H17BO3S/c1-5-9(4-11-2)7(12-3)6(14-5)8(10)13-9/h5-8H,4,10H2,1-3H3/t5-,6-,7?,8+,9-/m0/s1. The zero-order chi connectivity index (χ0) is 10.3. The topological polar surface area (TPSA) is 27.7 Å². The van der Waals surface area contributed by atoms with Crippen molar-refractivity contribution in [2.45, 2.75) is 35.1 Å². The fraction of sp³-hybridized carbons (Fsp3) is 1.00. The monoisotopic (exact) mass is 216 g/mol. The van der Waals surface area contributed by atoms with Crippen LogP contribution in [0.1, 0.15) is 6.92 Å². The maximum atomic E-state index is 6.03. The summed E-state index contributed by atoms with van der Waals surface area (Å²) in [7, 11) is 5.60. The summed E-state index contributed by atoms with van der Waals surface area (Å²) in [6, 6.07) is 0.274. The normalized spacial score (nSPS) is 51.4. The van der Waals surface area contributed by atoms with Gasteiger partial charge in [0.15, 0.2) is 0 Å². The van der Waals surface area contributed by atoms with Crippen molar-refractivity contribution in [1.82, 2.24) is 0 Å². The van der Waals surface area contributed by atoms with Crippen LogP contribution in [0, 0.1) is 0 Å². The molecule has 0 radical (unpaired) electrons. The van der Waals surface area contributed by atoms with E-state index in [0.29, 0.717) is 17.1 Å². The number of ether oxygens (including phenoxy) is 3. The Morgan fingerprint density at radius 1 is 1.50 bits per heavy atom. The van der Waals surface area contributed by atoms with Gasteiger partial charge in [0, 0.05) is 25.5 Å². The lowest BCUT2D eigenvalue weighted by Gasteiger charge is -2.35. The van der Waals surface area contributed by atoms with Crippen LogP contribution in [0.4, 0.5) is 0 Å². The minimum absolute atomic E-state index is 0.178. The van der Waals surface area contributed by atoms with Crippen molar-refractivity contribution in [2.24, 2.45) is 0 Å². The van der Waals surface area contributed by atoms with E-state index < -0.39 is 0 Å². The Morgan fingerprint density at radius 3 is 2.79 bits per heavy atom. The Balaban J connectivity index is 2.25. The van der Waals surface area contributed by atoms with E-state index in [1.165, 1.54) is 0 Å². The average molecular weight is 216 g/mol. The highest BCUT2D eigenvalue weighted by Crippen LogP contribution is 2.52. The van der Waals surface area contributed by atoms with Crippen molar-refractivity contribution in [3.05, 3.63) is 0 Å². The first-order chi connectivity index (χ1) is 6.65. The third-order valence-electron chi connectivity index (χ3n) is 3.32. The van der Waals surface area contributed by atoms with Gasteiger partial charge in [-0.3, -0.25) is 0 Å². The van der Waals surface area contributed by atoms with Crippen molar-refractivity contribution in [2.75, 3.05) is 20.8 Å². The van der Waals surface area contributed by atoms with Crippen LogP contribution in [-0.4, -0.2) is 56.9 Å². The van der Waals surface area contributed by atoms with Gasteiger partial charge in [-0.25, -0.2) is 0 Å². The van der Waals surface area contributed by atoms with Crippen LogP contribution in [0.25, 0.3) is 0 Å². The van der Waals surface area contributed by atoms with E-state index in [9.17, 15) is 0 Å². The Kier molecular flexibility index (Phi) is 2.86. The molecule has 0 aromatic heterocycles. The van der Waals surface area contributed by atoms with Crippen molar-refractivity contribution in [1.29, 1.82) is 0 Å². The molecule has 5 atom stereocenters. The van der Waals surface area contributed by atoms with E-state index in [2.05, 4.69) is 14.8 Å². The predicted molar refractivity (Wildman–Crippen MR) is 59.7 cm³/mol. The lowest BCUT2D eigenvalue weighted by atomic mass is 9.90. The fourth-order valence-electron chi connectivity index (χ4n) is 2.66. The molecule has 0 aromatic rings. The number of hydrogen-bond donors (Lipinski definition) is 0. The van der Waals surface area contributed by atoms with Gasteiger partial charge in [-0.15, -0.1) is 11.8 Å². The molecule has 0 saturated carbocycles. The highest BCUT2D eigenvalue weighted by atomic mass is 32.2. The zero-order valence-corrected chi connectivity index (χ0v) is 9.97. The summed E-state index contributed by atoms with van der Waals surface area (Å²) < 4.78 is 16.9. The van der Waals surface area contributed by atoms with Gasteiger partial charge in [0.1, 0.15) is 19.6 Å². The molecule has 2 saturated heterocycles. The second-order valence-electron chi connectivity index (χ2n) is 4.11. The average Bonchev–Trinajstić information content (AvgIpc) is 2.54. The van der Waals surface area contributed by atoms with Gasteiger partial charge < -0.3 is 14.2 Å². The molecule has 80 valence electrons. The van der Waals surface area contributed by atoms with E-state index >= 15 is 0 Å². The number of rotatable bonds is 3. The molecule has 0 N–H and O–H groups in total. The molecule has 2 aliphatic rings. The van der Waals surface area contributed by atoms with Crippen LogP contribution in [0.2, 0.25) is 0 Å². The van der Waals surface area contributed by atoms with Gasteiger partial charge in [0.25, 0.3) is 0 Å². The van der Waals surface area contributed by atoms with E-state index in [1.807, 2.05) is 11.8 Å². The summed E-state index contributed by atoms with van der Waals surface area (Å²) in [5.41, 5.74) is -0.224. The van der Waals surface area contributed by atoms with Gasteiger partial charge in [-0.1, -0.05) is 6.92 Å². The Hall–Kier alpha value is 0.295.